The topological polar surface area (TPSA) is 58.6 Å². The van der Waals surface area contributed by atoms with E-state index in [2.05, 4.69) is 5.32 Å². The molecule has 1 atom stereocenters. The smallest absolute Gasteiger partial charge is 0.261 e. The number of thioether (sulfide) groups is 1. The molecule has 104 valence electrons. The molecular weight excluding hydrogens is 282 g/mol. The van der Waals surface area contributed by atoms with Crippen molar-refractivity contribution in [3.05, 3.63) is 21.4 Å². The van der Waals surface area contributed by atoms with Gasteiger partial charge < -0.3 is 15.2 Å². The molecule has 19 heavy (non-hydrogen) atoms. The molecule has 2 aliphatic heterocycles. The van der Waals surface area contributed by atoms with Gasteiger partial charge in [0.1, 0.15) is 5.60 Å². The monoisotopic (exact) mass is 299 g/mol. The number of hydrogen-bond donors (Lipinski definition) is 2. The van der Waals surface area contributed by atoms with E-state index in [-0.39, 0.29) is 12.5 Å². The molecule has 0 aromatic carbocycles. The van der Waals surface area contributed by atoms with Crippen LogP contribution in [0, 0.1) is 0 Å². The van der Waals surface area contributed by atoms with Gasteiger partial charge in [0, 0.05) is 30.2 Å². The lowest BCUT2D eigenvalue weighted by atomic mass is 10.0. The van der Waals surface area contributed by atoms with Crippen LogP contribution in [-0.2, 0) is 16.9 Å². The Morgan fingerprint density at radius 1 is 1.58 bits per heavy atom. The number of amides is 1. The van der Waals surface area contributed by atoms with Gasteiger partial charge in [-0.3, -0.25) is 4.79 Å². The highest BCUT2D eigenvalue weighted by molar-refractivity contribution is 7.98. The zero-order chi connectivity index (χ0) is 13.3. The maximum atomic E-state index is 12.1. The summed E-state index contributed by atoms with van der Waals surface area (Å²) in [5.74, 6) is 2.08. The Hall–Kier alpha value is -0.560. The molecule has 1 aromatic rings. The SMILES string of the molecule is O=C(NCC1(O)CCOC1)c1cc2c(s1)CCSC2. The molecule has 3 rings (SSSR count). The minimum absolute atomic E-state index is 0.0790. The quantitative estimate of drug-likeness (QED) is 0.886. The third-order valence-corrected chi connectivity index (χ3v) is 5.76. The Bertz CT molecular complexity index is 457. The summed E-state index contributed by atoms with van der Waals surface area (Å²) in [7, 11) is 0. The van der Waals surface area contributed by atoms with E-state index in [0.29, 0.717) is 19.6 Å². The normalized spacial score (nSPS) is 26.2. The van der Waals surface area contributed by atoms with Gasteiger partial charge in [0.05, 0.1) is 11.5 Å². The van der Waals surface area contributed by atoms with Gasteiger partial charge >= 0.3 is 0 Å². The van der Waals surface area contributed by atoms with Crippen LogP contribution in [0.1, 0.15) is 26.5 Å². The van der Waals surface area contributed by atoms with Crippen molar-refractivity contribution < 1.29 is 14.6 Å². The molecule has 0 aliphatic carbocycles. The predicted octanol–water partition coefficient (Wildman–Crippen LogP) is 1.42. The number of carbonyl (C=O) groups excluding carboxylic acids is 1. The Labute approximate surface area is 120 Å². The first-order chi connectivity index (χ1) is 9.16. The Kier molecular flexibility index (Phi) is 3.84. The predicted molar refractivity (Wildman–Crippen MR) is 76.9 cm³/mol. The average molecular weight is 299 g/mol. The minimum Gasteiger partial charge on any atom is -0.386 e. The summed E-state index contributed by atoms with van der Waals surface area (Å²) < 4.78 is 5.16. The first kappa shape index (κ1) is 13.4. The van der Waals surface area contributed by atoms with Crippen molar-refractivity contribution in [2.45, 2.75) is 24.2 Å². The van der Waals surface area contributed by atoms with Crippen molar-refractivity contribution in [1.82, 2.24) is 5.32 Å². The van der Waals surface area contributed by atoms with Gasteiger partial charge in [-0.1, -0.05) is 0 Å². The van der Waals surface area contributed by atoms with Crippen molar-refractivity contribution in [3.8, 4) is 0 Å². The van der Waals surface area contributed by atoms with Gasteiger partial charge in [-0.05, 0) is 23.8 Å². The highest BCUT2D eigenvalue weighted by atomic mass is 32.2. The molecule has 0 spiro atoms. The van der Waals surface area contributed by atoms with E-state index in [0.717, 1.165) is 22.8 Å². The van der Waals surface area contributed by atoms with E-state index >= 15 is 0 Å². The highest BCUT2D eigenvalue weighted by Crippen LogP contribution is 2.31. The van der Waals surface area contributed by atoms with E-state index in [1.54, 1.807) is 11.3 Å². The van der Waals surface area contributed by atoms with Gasteiger partial charge in [-0.2, -0.15) is 11.8 Å². The fraction of sp³-hybridized carbons (Fsp3) is 0.615. The molecule has 1 amide bonds. The average Bonchev–Trinajstić information content (AvgIpc) is 3.02. The Morgan fingerprint density at radius 3 is 3.21 bits per heavy atom. The molecule has 3 heterocycles. The maximum absolute atomic E-state index is 12.1. The van der Waals surface area contributed by atoms with Crippen LogP contribution in [0.5, 0.6) is 0 Å². The van der Waals surface area contributed by atoms with Crippen LogP contribution in [0.15, 0.2) is 6.07 Å². The first-order valence-electron chi connectivity index (χ1n) is 6.44. The van der Waals surface area contributed by atoms with E-state index in [1.807, 2.05) is 17.8 Å². The van der Waals surface area contributed by atoms with Gasteiger partial charge in [0.15, 0.2) is 0 Å². The lowest BCUT2D eigenvalue weighted by Crippen LogP contribution is -2.43. The van der Waals surface area contributed by atoms with Crippen molar-refractivity contribution >= 4 is 29.0 Å². The Balaban J connectivity index is 1.62. The van der Waals surface area contributed by atoms with Crippen LogP contribution < -0.4 is 5.32 Å². The minimum atomic E-state index is -0.887. The van der Waals surface area contributed by atoms with Crippen LogP contribution in [0.3, 0.4) is 0 Å². The number of rotatable bonds is 3. The number of carbonyl (C=O) groups is 1. The second-order valence-corrected chi connectivity index (χ2v) is 7.31. The molecule has 0 saturated carbocycles. The maximum Gasteiger partial charge on any atom is 0.261 e. The van der Waals surface area contributed by atoms with Gasteiger partial charge in [0.2, 0.25) is 0 Å². The standard InChI is InChI=1S/C13H17NO3S2/c15-12(14-7-13(16)2-3-17-8-13)11-5-9-6-18-4-1-10(9)19-11/h5,16H,1-4,6-8H2,(H,14,15). The number of nitrogens with one attached hydrogen (secondary N) is 1. The molecular formula is C13H17NO3S2. The molecule has 2 aliphatic rings. The summed E-state index contributed by atoms with van der Waals surface area (Å²) in [5, 5.41) is 12.9. The fourth-order valence-electron chi connectivity index (χ4n) is 2.33. The third-order valence-electron chi connectivity index (χ3n) is 3.51. The van der Waals surface area contributed by atoms with E-state index < -0.39 is 5.60 Å². The van der Waals surface area contributed by atoms with E-state index in [9.17, 15) is 9.90 Å². The second kappa shape index (κ2) is 5.44. The summed E-state index contributed by atoms with van der Waals surface area (Å²) in [4.78, 5) is 14.2. The molecule has 6 heteroatoms. The van der Waals surface area contributed by atoms with Crippen LogP contribution in [0.2, 0.25) is 0 Å². The van der Waals surface area contributed by atoms with Crippen molar-refractivity contribution in [1.29, 1.82) is 0 Å². The molecule has 1 fully saturated rings. The zero-order valence-electron chi connectivity index (χ0n) is 10.6. The summed E-state index contributed by atoms with van der Waals surface area (Å²) in [6, 6.07) is 2.00. The summed E-state index contributed by atoms with van der Waals surface area (Å²) in [6.45, 7) is 1.14. The Morgan fingerprint density at radius 2 is 2.47 bits per heavy atom. The number of ether oxygens (including phenoxy) is 1. The van der Waals surface area contributed by atoms with E-state index in [4.69, 9.17) is 4.74 Å². The highest BCUT2D eigenvalue weighted by Gasteiger charge is 2.32. The van der Waals surface area contributed by atoms with Crippen molar-refractivity contribution in [3.63, 3.8) is 0 Å². The van der Waals surface area contributed by atoms with Crippen LogP contribution >= 0.6 is 23.1 Å². The number of hydrogen-bond acceptors (Lipinski definition) is 5. The molecule has 0 bridgehead atoms. The fourth-order valence-corrected chi connectivity index (χ4v) is 4.62. The number of aliphatic hydroxyl groups is 1. The zero-order valence-corrected chi connectivity index (χ0v) is 12.2. The van der Waals surface area contributed by atoms with E-state index in [1.165, 1.54) is 10.4 Å². The second-order valence-electron chi connectivity index (χ2n) is 5.07. The molecule has 2 N–H and O–H groups in total. The first-order valence-corrected chi connectivity index (χ1v) is 8.41. The van der Waals surface area contributed by atoms with Gasteiger partial charge in [-0.25, -0.2) is 0 Å². The summed E-state index contributed by atoms with van der Waals surface area (Å²) in [5.41, 5.74) is 0.414. The molecule has 1 unspecified atom stereocenters. The van der Waals surface area contributed by atoms with Crippen molar-refractivity contribution in [2.75, 3.05) is 25.5 Å². The molecule has 4 nitrogen and oxygen atoms in total. The number of aryl methyl sites for hydroxylation is 1. The molecule has 1 aromatic heterocycles. The summed E-state index contributed by atoms with van der Waals surface area (Å²) >= 11 is 3.50. The molecule has 1 saturated heterocycles. The van der Waals surface area contributed by atoms with Gasteiger partial charge in [0.25, 0.3) is 5.91 Å². The largest absolute Gasteiger partial charge is 0.386 e. The number of thiophene rings is 1. The third kappa shape index (κ3) is 2.97. The number of fused-ring (bicyclic) bond motifs is 1. The van der Waals surface area contributed by atoms with Gasteiger partial charge in [-0.15, -0.1) is 11.3 Å². The van der Waals surface area contributed by atoms with Crippen LogP contribution in [0.4, 0.5) is 0 Å². The van der Waals surface area contributed by atoms with Crippen LogP contribution in [0.25, 0.3) is 0 Å². The lowest BCUT2D eigenvalue weighted by Gasteiger charge is -2.20. The summed E-state index contributed by atoms with van der Waals surface area (Å²) in [6.07, 6.45) is 1.65. The molecule has 0 radical (unpaired) electrons. The lowest BCUT2D eigenvalue weighted by molar-refractivity contribution is 0.0265. The van der Waals surface area contributed by atoms with Crippen molar-refractivity contribution in [2.24, 2.45) is 0 Å². The van der Waals surface area contributed by atoms with Crippen LogP contribution in [-0.4, -0.2) is 42.1 Å².